The van der Waals surface area contributed by atoms with Crippen molar-refractivity contribution in [2.75, 3.05) is 17.6 Å². The zero-order chi connectivity index (χ0) is 21.6. The third kappa shape index (κ3) is 6.40. The zero-order valence-corrected chi connectivity index (χ0v) is 21.2. The second kappa shape index (κ2) is 11.2. The first-order valence-corrected chi connectivity index (χ1v) is 11.8. The molecule has 1 N–H and O–H groups in total. The Kier molecular flexibility index (Phi) is 9.28. The van der Waals surface area contributed by atoms with E-state index >= 15 is 0 Å². The fourth-order valence-corrected chi connectivity index (χ4v) is 4.60. The van der Waals surface area contributed by atoms with Crippen molar-refractivity contribution in [3.05, 3.63) is 84.6 Å². The van der Waals surface area contributed by atoms with Gasteiger partial charge in [-0.15, -0.1) is 0 Å². The Bertz CT molecular complexity index is 1080. The van der Waals surface area contributed by atoms with Gasteiger partial charge in [0, 0.05) is 35.3 Å². The van der Waals surface area contributed by atoms with Crippen molar-refractivity contribution in [1.82, 2.24) is 0 Å². The number of nitrogens with one attached hydrogen (secondary N) is 1. The van der Waals surface area contributed by atoms with Gasteiger partial charge in [-0.2, -0.15) is 4.58 Å². The van der Waals surface area contributed by atoms with E-state index in [1.165, 1.54) is 5.56 Å². The maximum absolute atomic E-state index is 11.1. The minimum atomic E-state index is -4.22. The first-order chi connectivity index (χ1) is 14.3. The van der Waals surface area contributed by atoms with Crippen molar-refractivity contribution in [2.24, 2.45) is 0 Å². The summed E-state index contributed by atoms with van der Waals surface area (Å²) < 4.78 is 35.6. The monoisotopic (exact) mass is 447 g/mol. The minimum absolute atomic E-state index is 0. The Morgan fingerprint density at radius 1 is 1.06 bits per heavy atom. The van der Waals surface area contributed by atoms with E-state index in [0.717, 1.165) is 23.6 Å². The number of nitrogens with zero attached hydrogens (tertiary/aromatic N) is 1. The summed E-state index contributed by atoms with van der Waals surface area (Å²) in [7, 11) is -4.22. The van der Waals surface area contributed by atoms with Crippen LogP contribution in [0.1, 0.15) is 32.3 Å². The standard InChI is InChI=1S/C24H28N2O3S.Na/c1-3-26-22-15-8-7-14-21(22)24(2,17-11-19-30(27,28)29)23(26)16-9-10-18-25-20-12-5-4-6-13-20;/h4-10,12-16,18H,3,11,17,19H2,1-2H3,(H,27,28,29);/q;+1. The Hall–Kier alpha value is -1.70. The second-order valence-electron chi connectivity index (χ2n) is 7.57. The van der Waals surface area contributed by atoms with Crippen LogP contribution in [0.15, 0.2) is 79.0 Å². The molecule has 1 atom stereocenters. The van der Waals surface area contributed by atoms with Crippen molar-refractivity contribution in [1.29, 1.82) is 0 Å². The molecule has 2 aromatic rings. The molecule has 2 aromatic carbocycles. The third-order valence-electron chi connectivity index (χ3n) is 5.52. The van der Waals surface area contributed by atoms with Crippen molar-refractivity contribution in [2.45, 2.75) is 32.1 Å². The van der Waals surface area contributed by atoms with Crippen molar-refractivity contribution in [3.8, 4) is 0 Å². The van der Waals surface area contributed by atoms with Crippen LogP contribution in [0.25, 0.3) is 0 Å². The van der Waals surface area contributed by atoms with E-state index in [4.69, 9.17) is 0 Å². The average Bonchev–Trinajstić information content (AvgIpc) is 2.96. The molecule has 1 heterocycles. The molecule has 7 heteroatoms. The van der Waals surface area contributed by atoms with Gasteiger partial charge in [0.25, 0.3) is 0 Å². The van der Waals surface area contributed by atoms with Crippen LogP contribution in [-0.4, -0.2) is 35.6 Å². The third-order valence-corrected chi connectivity index (χ3v) is 6.31. The Labute approximate surface area is 207 Å². The molecule has 0 aromatic heterocycles. The van der Waals surface area contributed by atoms with Crippen molar-refractivity contribution < 1.29 is 47.1 Å². The number of rotatable bonds is 9. The van der Waals surface area contributed by atoms with Crippen LogP contribution < -0.4 is 34.9 Å². The Morgan fingerprint density at radius 3 is 2.42 bits per heavy atom. The van der Waals surface area contributed by atoms with Gasteiger partial charge >= 0.3 is 29.6 Å². The smallest absolute Gasteiger partial charge is 0.748 e. The summed E-state index contributed by atoms with van der Waals surface area (Å²) in [5, 5.41) is 3.23. The van der Waals surface area contributed by atoms with E-state index in [2.05, 4.69) is 41.9 Å². The summed E-state index contributed by atoms with van der Waals surface area (Å²) in [4.78, 5) is 0. The van der Waals surface area contributed by atoms with Crippen LogP contribution in [0.5, 0.6) is 0 Å². The van der Waals surface area contributed by atoms with Gasteiger partial charge in [-0.3, -0.25) is 0 Å². The number of para-hydroxylation sites is 2. The quantitative estimate of drug-likeness (QED) is 0.274. The van der Waals surface area contributed by atoms with Crippen LogP contribution in [0, 0.1) is 0 Å². The maximum Gasteiger partial charge on any atom is 1.00 e. The Balaban J connectivity index is 0.00000341. The molecular formula is C24H28N2NaO3S+. The van der Waals surface area contributed by atoms with Crippen LogP contribution in [0.3, 0.4) is 0 Å². The number of anilines is 1. The molecule has 1 aliphatic rings. The predicted molar refractivity (Wildman–Crippen MR) is 121 cm³/mol. The normalized spacial score (nSPS) is 18.4. The molecule has 158 valence electrons. The van der Waals surface area contributed by atoms with E-state index in [1.807, 2.05) is 60.8 Å². The molecule has 0 radical (unpaired) electrons. The number of allylic oxidation sites excluding steroid dienone is 3. The molecule has 0 amide bonds. The van der Waals surface area contributed by atoms with E-state index in [9.17, 15) is 13.0 Å². The van der Waals surface area contributed by atoms with Gasteiger partial charge in [0.15, 0.2) is 5.71 Å². The zero-order valence-electron chi connectivity index (χ0n) is 18.4. The average molecular weight is 448 g/mol. The molecule has 0 fully saturated rings. The number of hydrogen-bond donors (Lipinski definition) is 1. The van der Waals surface area contributed by atoms with Gasteiger partial charge < -0.3 is 9.87 Å². The molecule has 0 aliphatic carbocycles. The van der Waals surface area contributed by atoms with E-state index in [0.29, 0.717) is 12.8 Å². The van der Waals surface area contributed by atoms with Crippen LogP contribution in [0.4, 0.5) is 11.4 Å². The van der Waals surface area contributed by atoms with E-state index < -0.39 is 10.1 Å². The molecule has 1 unspecified atom stereocenters. The second-order valence-corrected chi connectivity index (χ2v) is 9.10. The SMILES string of the molecule is CC[N+]1=C(/C=C/C=C/Nc2ccccc2)C(C)(CCCS(=O)(=O)[O-])c2ccccc21.[Na+]. The van der Waals surface area contributed by atoms with Gasteiger partial charge in [0.1, 0.15) is 6.54 Å². The maximum atomic E-state index is 11.1. The summed E-state index contributed by atoms with van der Waals surface area (Å²) in [5.74, 6) is -0.339. The van der Waals surface area contributed by atoms with Crippen LogP contribution in [0.2, 0.25) is 0 Å². The molecule has 31 heavy (non-hydrogen) atoms. The van der Waals surface area contributed by atoms with Crippen molar-refractivity contribution >= 4 is 27.2 Å². The van der Waals surface area contributed by atoms with E-state index in [1.54, 1.807) is 0 Å². The topological polar surface area (TPSA) is 72.2 Å². The fraction of sp³-hybridized carbons (Fsp3) is 0.292. The largest absolute Gasteiger partial charge is 1.00 e. The number of hydrogen-bond acceptors (Lipinski definition) is 4. The molecule has 5 nitrogen and oxygen atoms in total. The van der Waals surface area contributed by atoms with Gasteiger partial charge in [-0.25, -0.2) is 8.42 Å². The molecule has 0 bridgehead atoms. The summed E-state index contributed by atoms with van der Waals surface area (Å²) in [6, 6.07) is 18.1. The van der Waals surface area contributed by atoms with Gasteiger partial charge in [-0.05, 0) is 44.9 Å². The molecule has 1 aliphatic heterocycles. The van der Waals surface area contributed by atoms with Crippen LogP contribution >= 0.6 is 0 Å². The summed E-state index contributed by atoms with van der Waals surface area (Å²) >= 11 is 0. The summed E-state index contributed by atoms with van der Waals surface area (Å²) in [6.45, 7) is 5.04. The number of benzene rings is 2. The first-order valence-electron chi connectivity index (χ1n) is 10.2. The summed E-state index contributed by atoms with van der Waals surface area (Å²) in [6.07, 6.45) is 8.82. The van der Waals surface area contributed by atoms with E-state index in [-0.39, 0.29) is 40.7 Å². The first kappa shape index (κ1) is 25.6. The summed E-state index contributed by atoms with van der Waals surface area (Å²) in [5.41, 5.74) is 4.08. The molecule has 0 spiro atoms. The van der Waals surface area contributed by atoms with Gasteiger partial charge in [0.05, 0.1) is 15.5 Å². The molecule has 0 saturated heterocycles. The molecular weight excluding hydrogens is 419 g/mol. The van der Waals surface area contributed by atoms with Gasteiger partial charge in [0.2, 0.25) is 5.69 Å². The Morgan fingerprint density at radius 2 is 1.74 bits per heavy atom. The van der Waals surface area contributed by atoms with Crippen LogP contribution in [-0.2, 0) is 15.5 Å². The fourth-order valence-electron chi connectivity index (χ4n) is 4.10. The molecule has 0 saturated carbocycles. The number of fused-ring (bicyclic) bond motifs is 1. The molecule has 3 rings (SSSR count). The van der Waals surface area contributed by atoms with Crippen molar-refractivity contribution in [3.63, 3.8) is 0 Å². The van der Waals surface area contributed by atoms with Gasteiger partial charge in [-0.1, -0.05) is 42.5 Å². The minimum Gasteiger partial charge on any atom is -0.748 e. The predicted octanol–water partition coefficient (Wildman–Crippen LogP) is 1.57.